The van der Waals surface area contributed by atoms with E-state index in [1.54, 1.807) is 24.3 Å². The van der Waals surface area contributed by atoms with Crippen LogP contribution in [0, 0.1) is 0 Å². The molecule has 0 aliphatic carbocycles. The number of aromatic nitrogens is 1. The van der Waals surface area contributed by atoms with Crippen molar-refractivity contribution in [1.29, 1.82) is 0 Å². The van der Waals surface area contributed by atoms with Crippen LogP contribution in [0.15, 0.2) is 60.0 Å². The van der Waals surface area contributed by atoms with E-state index in [0.29, 0.717) is 17.2 Å². The van der Waals surface area contributed by atoms with Gasteiger partial charge in [0.25, 0.3) is 0 Å². The maximum Gasteiger partial charge on any atom is 0.311 e. The van der Waals surface area contributed by atoms with E-state index in [9.17, 15) is 14.7 Å². The van der Waals surface area contributed by atoms with Gasteiger partial charge in [0.15, 0.2) is 0 Å². The lowest BCUT2D eigenvalue weighted by atomic mass is 9.93. The number of thiazole rings is 1. The van der Waals surface area contributed by atoms with E-state index in [1.165, 1.54) is 16.9 Å². The molecule has 0 saturated carbocycles. The Bertz CT molecular complexity index is 945. The third-order valence-electron chi connectivity index (χ3n) is 4.69. The minimum Gasteiger partial charge on any atom is -0.481 e. The number of carboxylic acids is 1. The molecule has 1 N–H and O–H groups in total. The highest BCUT2D eigenvalue weighted by atomic mass is 32.1. The first-order valence-corrected chi connectivity index (χ1v) is 10.2. The van der Waals surface area contributed by atoms with Crippen molar-refractivity contribution in [1.82, 2.24) is 4.98 Å². The molecule has 0 aliphatic rings. The largest absolute Gasteiger partial charge is 0.481 e. The van der Waals surface area contributed by atoms with Gasteiger partial charge in [-0.3, -0.25) is 9.59 Å². The van der Waals surface area contributed by atoms with E-state index < -0.39 is 11.9 Å². The number of carbonyl (C=O) groups excluding carboxylic acids is 1. The molecule has 0 spiro atoms. The Morgan fingerprint density at radius 1 is 1.00 bits per heavy atom. The molecule has 5 heteroatoms. The number of aliphatic carboxylic acids is 1. The van der Waals surface area contributed by atoms with Crippen molar-refractivity contribution in [3.05, 3.63) is 76.8 Å². The SMILES string of the molecule is CC(C)c1ccc(-c2nc(CC(=O)CC(C(=O)O)c3ccccc3)cs2)cc1. The van der Waals surface area contributed by atoms with Crippen LogP contribution in [0.25, 0.3) is 10.6 Å². The molecule has 3 aromatic rings. The molecule has 28 heavy (non-hydrogen) atoms. The molecule has 0 amide bonds. The highest BCUT2D eigenvalue weighted by Crippen LogP contribution is 2.27. The summed E-state index contributed by atoms with van der Waals surface area (Å²) in [6.07, 6.45) is 0.118. The summed E-state index contributed by atoms with van der Waals surface area (Å²) in [5.41, 5.74) is 3.64. The fourth-order valence-corrected chi connectivity index (χ4v) is 3.89. The Morgan fingerprint density at radius 2 is 1.68 bits per heavy atom. The Labute approximate surface area is 168 Å². The minimum absolute atomic E-state index is 0.0324. The summed E-state index contributed by atoms with van der Waals surface area (Å²) in [7, 11) is 0. The fourth-order valence-electron chi connectivity index (χ4n) is 3.07. The summed E-state index contributed by atoms with van der Waals surface area (Å²) < 4.78 is 0. The lowest BCUT2D eigenvalue weighted by Crippen LogP contribution is -2.17. The number of ketones is 1. The Morgan fingerprint density at radius 3 is 2.29 bits per heavy atom. The molecule has 2 aromatic carbocycles. The van der Waals surface area contributed by atoms with Gasteiger partial charge in [-0.05, 0) is 17.0 Å². The standard InChI is InChI=1S/C23H23NO3S/c1-15(2)16-8-10-18(11-9-16)22-24-19(14-28-22)12-20(25)13-21(23(26)27)17-6-4-3-5-7-17/h3-11,14-15,21H,12-13H2,1-2H3,(H,26,27). The van der Waals surface area contributed by atoms with E-state index in [4.69, 9.17) is 0 Å². The van der Waals surface area contributed by atoms with E-state index in [1.807, 2.05) is 11.4 Å². The quantitative estimate of drug-likeness (QED) is 0.564. The summed E-state index contributed by atoms with van der Waals surface area (Å²) in [4.78, 5) is 28.6. The molecule has 0 fully saturated rings. The lowest BCUT2D eigenvalue weighted by molar-refractivity contribution is -0.140. The smallest absolute Gasteiger partial charge is 0.311 e. The Kier molecular flexibility index (Phi) is 6.37. The van der Waals surface area contributed by atoms with E-state index in [2.05, 4.69) is 43.1 Å². The van der Waals surface area contributed by atoms with Crippen LogP contribution in [-0.4, -0.2) is 21.8 Å². The number of nitrogens with zero attached hydrogens (tertiary/aromatic N) is 1. The number of rotatable bonds is 8. The van der Waals surface area contributed by atoms with Crippen LogP contribution in [0.3, 0.4) is 0 Å². The third kappa shape index (κ3) is 4.93. The van der Waals surface area contributed by atoms with Gasteiger partial charge in [0.2, 0.25) is 0 Å². The molecular formula is C23H23NO3S. The first-order valence-electron chi connectivity index (χ1n) is 9.28. The van der Waals surface area contributed by atoms with Crippen LogP contribution in [0.4, 0.5) is 0 Å². The first kappa shape index (κ1) is 20.0. The van der Waals surface area contributed by atoms with Gasteiger partial charge >= 0.3 is 5.97 Å². The van der Waals surface area contributed by atoms with Crippen molar-refractivity contribution in [2.75, 3.05) is 0 Å². The van der Waals surface area contributed by atoms with Gasteiger partial charge in [-0.1, -0.05) is 68.4 Å². The van der Waals surface area contributed by atoms with Crippen molar-refractivity contribution in [3.63, 3.8) is 0 Å². The molecule has 144 valence electrons. The van der Waals surface area contributed by atoms with Gasteiger partial charge in [0, 0.05) is 23.8 Å². The highest BCUT2D eigenvalue weighted by molar-refractivity contribution is 7.13. The molecule has 1 aromatic heterocycles. The van der Waals surface area contributed by atoms with Gasteiger partial charge in [-0.25, -0.2) is 4.98 Å². The van der Waals surface area contributed by atoms with Crippen molar-refractivity contribution in [2.45, 2.75) is 38.5 Å². The second kappa shape index (κ2) is 8.93. The second-order valence-corrected chi connectivity index (χ2v) is 8.00. The molecule has 0 radical (unpaired) electrons. The van der Waals surface area contributed by atoms with Crippen molar-refractivity contribution in [3.8, 4) is 10.6 Å². The van der Waals surface area contributed by atoms with Crippen molar-refractivity contribution >= 4 is 23.1 Å². The van der Waals surface area contributed by atoms with Crippen LogP contribution in [0.2, 0.25) is 0 Å². The van der Waals surface area contributed by atoms with Crippen LogP contribution < -0.4 is 0 Å². The van der Waals surface area contributed by atoms with E-state index in [0.717, 1.165) is 10.6 Å². The summed E-state index contributed by atoms with van der Waals surface area (Å²) in [5.74, 6) is -1.45. The zero-order chi connectivity index (χ0) is 20.1. The second-order valence-electron chi connectivity index (χ2n) is 7.14. The molecule has 3 rings (SSSR count). The summed E-state index contributed by atoms with van der Waals surface area (Å²) in [6.45, 7) is 4.31. The van der Waals surface area contributed by atoms with Gasteiger partial charge in [0.1, 0.15) is 10.8 Å². The lowest BCUT2D eigenvalue weighted by Gasteiger charge is -2.11. The highest BCUT2D eigenvalue weighted by Gasteiger charge is 2.23. The number of carbonyl (C=O) groups is 2. The maximum absolute atomic E-state index is 12.5. The number of benzene rings is 2. The van der Waals surface area contributed by atoms with Crippen LogP contribution in [0.1, 0.15) is 48.9 Å². The number of hydrogen-bond donors (Lipinski definition) is 1. The summed E-state index contributed by atoms with van der Waals surface area (Å²) in [5, 5.41) is 12.2. The first-order chi connectivity index (χ1) is 13.4. The minimum atomic E-state index is -0.983. The van der Waals surface area contributed by atoms with Crippen LogP contribution in [-0.2, 0) is 16.0 Å². The molecule has 1 unspecified atom stereocenters. The average molecular weight is 394 g/mol. The van der Waals surface area contributed by atoms with Gasteiger partial charge in [-0.2, -0.15) is 0 Å². The molecule has 0 saturated heterocycles. The molecule has 1 atom stereocenters. The molecule has 0 aliphatic heterocycles. The zero-order valence-corrected chi connectivity index (χ0v) is 16.8. The monoisotopic (exact) mass is 393 g/mol. The molecule has 0 bridgehead atoms. The fraction of sp³-hybridized carbons (Fsp3) is 0.261. The normalized spacial score (nSPS) is 12.1. The average Bonchev–Trinajstić information content (AvgIpc) is 3.15. The molecular weight excluding hydrogens is 370 g/mol. The number of Topliss-reactive ketones (excluding diaryl/α,β-unsaturated/α-hetero) is 1. The molecule has 4 nitrogen and oxygen atoms in total. The molecule has 1 heterocycles. The van der Waals surface area contributed by atoms with E-state index >= 15 is 0 Å². The predicted octanol–water partition coefficient (Wildman–Crippen LogP) is 5.30. The summed E-state index contributed by atoms with van der Waals surface area (Å²) in [6, 6.07) is 17.2. The number of hydrogen-bond acceptors (Lipinski definition) is 4. The number of carboxylic acid groups (broad SMARTS) is 1. The maximum atomic E-state index is 12.5. The van der Waals surface area contributed by atoms with Crippen LogP contribution >= 0.6 is 11.3 Å². The Hall–Kier alpha value is -2.79. The predicted molar refractivity (Wildman–Crippen MR) is 112 cm³/mol. The van der Waals surface area contributed by atoms with Gasteiger partial charge < -0.3 is 5.11 Å². The topological polar surface area (TPSA) is 67.3 Å². The third-order valence-corrected chi connectivity index (χ3v) is 5.63. The van der Waals surface area contributed by atoms with Gasteiger partial charge in [0.05, 0.1) is 11.6 Å². The zero-order valence-electron chi connectivity index (χ0n) is 16.0. The van der Waals surface area contributed by atoms with Crippen molar-refractivity contribution in [2.24, 2.45) is 0 Å². The van der Waals surface area contributed by atoms with E-state index in [-0.39, 0.29) is 18.6 Å². The van der Waals surface area contributed by atoms with Crippen LogP contribution in [0.5, 0.6) is 0 Å². The Balaban J connectivity index is 1.67. The van der Waals surface area contributed by atoms with Gasteiger partial charge in [-0.15, -0.1) is 11.3 Å². The van der Waals surface area contributed by atoms with Crippen molar-refractivity contribution < 1.29 is 14.7 Å². The summed E-state index contributed by atoms with van der Waals surface area (Å²) >= 11 is 1.50.